The molecule has 158 valence electrons. The summed E-state index contributed by atoms with van der Waals surface area (Å²) in [5.41, 5.74) is 8.70. The number of amides is 2. The van der Waals surface area contributed by atoms with Crippen LogP contribution in [0.2, 0.25) is 0 Å². The van der Waals surface area contributed by atoms with Gasteiger partial charge in [-0.3, -0.25) is 4.79 Å². The van der Waals surface area contributed by atoms with Crippen LogP contribution in [0.15, 0.2) is 35.8 Å². The van der Waals surface area contributed by atoms with Gasteiger partial charge in [-0.15, -0.1) is 11.3 Å². The van der Waals surface area contributed by atoms with Gasteiger partial charge in [-0.1, -0.05) is 6.07 Å². The van der Waals surface area contributed by atoms with Crippen molar-refractivity contribution in [2.45, 2.75) is 45.1 Å². The fraction of sp³-hybridized carbons (Fsp3) is 0.391. The van der Waals surface area contributed by atoms with E-state index in [1.165, 1.54) is 0 Å². The molecule has 0 aliphatic carbocycles. The van der Waals surface area contributed by atoms with Crippen LogP contribution in [0.1, 0.15) is 55.5 Å². The van der Waals surface area contributed by atoms with Crippen LogP contribution in [0.5, 0.6) is 0 Å². The number of aromatic amines is 1. The van der Waals surface area contributed by atoms with Gasteiger partial charge in [0.1, 0.15) is 5.54 Å². The maximum Gasteiger partial charge on any atom is 0.513 e. The van der Waals surface area contributed by atoms with Gasteiger partial charge in [-0.2, -0.15) is 4.79 Å². The normalized spacial score (nSPS) is 22.3. The minimum absolute atomic E-state index is 0.0822. The fourth-order valence-electron chi connectivity index (χ4n) is 4.84. The van der Waals surface area contributed by atoms with E-state index in [1.807, 2.05) is 50.5 Å². The number of carbonyl (C=O) groups excluding carboxylic acids is 1. The summed E-state index contributed by atoms with van der Waals surface area (Å²) in [4.78, 5) is 28.6. The molecule has 0 saturated carbocycles. The Labute approximate surface area is 179 Å². The summed E-state index contributed by atoms with van der Waals surface area (Å²) in [7, 11) is 0. The number of rotatable bonds is 3. The summed E-state index contributed by atoms with van der Waals surface area (Å²) in [5, 5.41) is 13.0. The third-order valence-electron chi connectivity index (χ3n) is 6.70. The second-order valence-electron chi connectivity index (χ2n) is 9.17. The first-order valence-corrected chi connectivity index (χ1v) is 11.1. The highest BCUT2D eigenvalue weighted by molar-refractivity contribution is 7.13. The van der Waals surface area contributed by atoms with Crippen LogP contribution in [0.3, 0.4) is 0 Å². The number of carboxylic acid groups (broad SMARTS) is 1. The molecule has 4 N–H and O–H groups in total. The molecule has 1 fully saturated rings. The summed E-state index contributed by atoms with van der Waals surface area (Å²) in [6.45, 7) is 7.17. The Balaban J connectivity index is 1.74. The molecule has 2 aromatic heterocycles. The summed E-state index contributed by atoms with van der Waals surface area (Å²) < 4.78 is 0.0822. The Bertz CT molecular complexity index is 1100. The SMILES string of the molecule is CC(C)(C)[N+]1(C(=O)O)CCC(c2c[nH]c3c(C(N)=O)cc(-c4cccs4)cc23)CC1. The molecule has 0 spiro atoms. The van der Waals surface area contributed by atoms with Crippen LogP contribution in [0.25, 0.3) is 21.3 Å². The zero-order chi connectivity index (χ0) is 21.7. The zero-order valence-electron chi connectivity index (χ0n) is 17.6. The van der Waals surface area contributed by atoms with Crippen molar-refractivity contribution in [2.24, 2.45) is 5.73 Å². The molecule has 1 saturated heterocycles. The molecule has 0 bridgehead atoms. The number of nitrogens with one attached hydrogen (secondary N) is 1. The highest BCUT2D eigenvalue weighted by atomic mass is 32.1. The van der Waals surface area contributed by atoms with Crippen molar-refractivity contribution in [3.63, 3.8) is 0 Å². The van der Waals surface area contributed by atoms with Crippen molar-refractivity contribution in [3.8, 4) is 10.4 Å². The van der Waals surface area contributed by atoms with E-state index in [0.717, 1.165) is 39.7 Å². The fourth-order valence-corrected chi connectivity index (χ4v) is 5.55. The van der Waals surface area contributed by atoms with Crippen molar-refractivity contribution >= 4 is 34.2 Å². The van der Waals surface area contributed by atoms with Crippen molar-refractivity contribution < 1.29 is 19.2 Å². The standard InChI is InChI=1S/C23H27N3O3S/c1-23(2,3)26(22(28)29)8-6-14(7-9-26)18-13-25-20-16(18)11-15(12-17(20)21(24)27)19-5-4-10-30-19/h4-5,10-14H,6-9H2,1-3H3,(H3-,24,25,27,28,29)/p+1. The number of quaternary nitrogens is 1. The van der Waals surface area contributed by atoms with Crippen LogP contribution in [0, 0.1) is 0 Å². The average molecular weight is 427 g/mol. The second-order valence-corrected chi connectivity index (χ2v) is 10.1. The van der Waals surface area contributed by atoms with Crippen molar-refractivity contribution in [1.82, 2.24) is 4.98 Å². The highest BCUT2D eigenvalue weighted by Gasteiger charge is 2.50. The number of carbonyl (C=O) groups is 2. The van der Waals surface area contributed by atoms with Crippen molar-refractivity contribution in [3.05, 3.63) is 47.0 Å². The molecule has 3 heterocycles. The quantitative estimate of drug-likeness (QED) is 0.504. The topological polar surface area (TPSA) is 96.2 Å². The molecule has 0 unspecified atom stereocenters. The number of piperidine rings is 1. The molecule has 1 aromatic carbocycles. The average Bonchev–Trinajstić information content (AvgIpc) is 3.36. The van der Waals surface area contributed by atoms with Gasteiger partial charge in [0.25, 0.3) is 5.91 Å². The Morgan fingerprint density at radius 1 is 1.23 bits per heavy atom. The highest BCUT2D eigenvalue weighted by Crippen LogP contribution is 2.41. The molecule has 4 rings (SSSR count). The van der Waals surface area contributed by atoms with Gasteiger partial charge in [0.15, 0.2) is 0 Å². The number of fused-ring (bicyclic) bond motifs is 1. The van der Waals surface area contributed by atoms with Gasteiger partial charge >= 0.3 is 6.09 Å². The number of nitrogens with zero attached hydrogens (tertiary/aromatic N) is 1. The molecule has 1 aliphatic rings. The van der Waals surface area contributed by atoms with E-state index >= 15 is 0 Å². The van der Waals surface area contributed by atoms with E-state index < -0.39 is 12.0 Å². The number of H-pyrrole nitrogens is 1. The van der Waals surface area contributed by atoms with E-state index in [1.54, 1.807) is 11.3 Å². The number of benzene rings is 1. The van der Waals surface area contributed by atoms with Gasteiger partial charge < -0.3 is 15.8 Å². The number of aromatic nitrogens is 1. The summed E-state index contributed by atoms with van der Waals surface area (Å²) >= 11 is 1.62. The lowest BCUT2D eigenvalue weighted by Gasteiger charge is -2.47. The van der Waals surface area contributed by atoms with Crippen LogP contribution < -0.4 is 5.73 Å². The maximum atomic E-state index is 12.1. The van der Waals surface area contributed by atoms with Crippen LogP contribution in [-0.2, 0) is 0 Å². The molecule has 7 heteroatoms. The van der Waals surface area contributed by atoms with Gasteiger partial charge in [0.05, 0.1) is 24.2 Å². The predicted molar refractivity (Wildman–Crippen MR) is 120 cm³/mol. The zero-order valence-corrected chi connectivity index (χ0v) is 18.4. The number of hydrogen-bond acceptors (Lipinski definition) is 3. The van der Waals surface area contributed by atoms with Gasteiger partial charge in [0, 0.05) is 29.3 Å². The van der Waals surface area contributed by atoms with Gasteiger partial charge in [-0.05, 0) is 61.4 Å². The Kier molecular flexibility index (Phi) is 4.98. The van der Waals surface area contributed by atoms with E-state index in [2.05, 4.69) is 11.1 Å². The molecule has 3 aromatic rings. The first kappa shape index (κ1) is 20.6. The smallest absolute Gasteiger partial charge is 0.435 e. The van der Waals surface area contributed by atoms with Crippen molar-refractivity contribution in [1.29, 1.82) is 0 Å². The summed E-state index contributed by atoms with van der Waals surface area (Å²) in [6, 6.07) is 8.00. The predicted octanol–water partition coefficient (Wildman–Crippen LogP) is 5.17. The third-order valence-corrected chi connectivity index (χ3v) is 7.62. The lowest BCUT2D eigenvalue weighted by Crippen LogP contribution is -2.65. The summed E-state index contributed by atoms with van der Waals surface area (Å²) in [6.07, 6.45) is 2.78. The monoisotopic (exact) mass is 426 g/mol. The molecule has 6 nitrogen and oxygen atoms in total. The Hall–Kier alpha value is -2.64. The van der Waals surface area contributed by atoms with Crippen LogP contribution in [0.4, 0.5) is 4.79 Å². The molecular formula is C23H28N3O3S+. The number of hydrogen-bond donors (Lipinski definition) is 3. The molecule has 0 radical (unpaired) electrons. The number of thiophene rings is 1. The molecule has 2 amide bonds. The Morgan fingerprint density at radius 3 is 2.47 bits per heavy atom. The minimum Gasteiger partial charge on any atom is -0.435 e. The first-order chi connectivity index (χ1) is 14.1. The van der Waals surface area contributed by atoms with E-state index in [-0.39, 0.29) is 15.9 Å². The van der Waals surface area contributed by atoms with Crippen molar-refractivity contribution in [2.75, 3.05) is 13.1 Å². The van der Waals surface area contributed by atoms with Gasteiger partial charge in [0.2, 0.25) is 0 Å². The molecule has 1 aliphatic heterocycles. The molecule has 30 heavy (non-hydrogen) atoms. The molecule has 0 atom stereocenters. The van der Waals surface area contributed by atoms with Gasteiger partial charge in [-0.25, -0.2) is 4.48 Å². The number of primary amides is 1. The summed E-state index contributed by atoms with van der Waals surface area (Å²) in [5.74, 6) is -0.212. The third kappa shape index (κ3) is 3.22. The second kappa shape index (κ2) is 7.25. The number of nitrogens with two attached hydrogens (primary N) is 1. The van der Waals surface area contributed by atoms with Crippen LogP contribution >= 0.6 is 11.3 Å². The van der Waals surface area contributed by atoms with E-state index in [9.17, 15) is 14.7 Å². The van der Waals surface area contributed by atoms with E-state index in [4.69, 9.17) is 5.73 Å². The number of likely N-dealkylation sites (tertiary alicyclic amines) is 1. The first-order valence-electron chi connectivity index (χ1n) is 10.2. The van der Waals surface area contributed by atoms with E-state index in [0.29, 0.717) is 18.7 Å². The minimum atomic E-state index is -0.754. The van der Waals surface area contributed by atoms with Crippen LogP contribution in [-0.4, -0.2) is 45.2 Å². The maximum absolute atomic E-state index is 12.1. The largest absolute Gasteiger partial charge is 0.513 e. The lowest BCUT2D eigenvalue weighted by molar-refractivity contribution is -0.908. The molecular weight excluding hydrogens is 398 g/mol. The Morgan fingerprint density at radius 2 is 1.93 bits per heavy atom. The lowest BCUT2D eigenvalue weighted by atomic mass is 9.85.